The largest absolute Gasteiger partial charge is 0.484 e. The van der Waals surface area contributed by atoms with Crippen LogP contribution in [0.1, 0.15) is 5.76 Å². The van der Waals surface area contributed by atoms with Crippen LogP contribution in [-0.4, -0.2) is 12.5 Å². The number of benzene rings is 2. The molecule has 0 bridgehead atoms. The molecule has 5 heteroatoms. The highest BCUT2D eigenvalue weighted by Gasteiger charge is 2.04. The summed E-state index contributed by atoms with van der Waals surface area (Å²) < 4.78 is 11.7. The summed E-state index contributed by atoms with van der Waals surface area (Å²) in [6.07, 6.45) is 1.57. The summed E-state index contributed by atoms with van der Waals surface area (Å²) in [5.74, 6) is 1.18. The van der Waals surface area contributed by atoms with Gasteiger partial charge in [-0.2, -0.15) is 0 Å². The molecular formula is C19H16BrNO3. The maximum absolute atomic E-state index is 11.7. The molecule has 2 aromatic carbocycles. The van der Waals surface area contributed by atoms with E-state index in [4.69, 9.17) is 9.15 Å². The van der Waals surface area contributed by atoms with Crippen LogP contribution >= 0.6 is 15.9 Å². The average molecular weight is 386 g/mol. The molecule has 122 valence electrons. The predicted molar refractivity (Wildman–Crippen MR) is 95.6 cm³/mol. The standard InChI is InChI=1S/C19H16BrNO3/c20-16-7-3-14(4-8-16)15-5-9-17(10-6-15)24-13-19(22)21-12-18-2-1-11-23-18/h1-11H,12-13H2,(H,21,22). The molecular weight excluding hydrogens is 370 g/mol. The van der Waals surface area contributed by atoms with Crippen LogP contribution in [0, 0.1) is 0 Å². The average Bonchev–Trinajstić information content (AvgIpc) is 3.13. The van der Waals surface area contributed by atoms with E-state index in [1.165, 1.54) is 0 Å². The molecule has 0 unspecified atom stereocenters. The highest BCUT2D eigenvalue weighted by atomic mass is 79.9. The zero-order valence-corrected chi connectivity index (χ0v) is 14.5. The SMILES string of the molecule is O=C(COc1ccc(-c2ccc(Br)cc2)cc1)NCc1ccco1. The van der Waals surface area contributed by atoms with E-state index in [2.05, 4.69) is 21.2 Å². The Morgan fingerprint density at radius 1 is 1.00 bits per heavy atom. The fraction of sp³-hybridized carbons (Fsp3) is 0.105. The van der Waals surface area contributed by atoms with Crippen molar-refractivity contribution < 1.29 is 13.9 Å². The van der Waals surface area contributed by atoms with Crippen LogP contribution in [0.2, 0.25) is 0 Å². The summed E-state index contributed by atoms with van der Waals surface area (Å²) in [5.41, 5.74) is 2.22. The van der Waals surface area contributed by atoms with Gasteiger partial charge in [-0.05, 0) is 47.5 Å². The van der Waals surface area contributed by atoms with Gasteiger partial charge in [0.15, 0.2) is 6.61 Å². The summed E-state index contributed by atoms with van der Waals surface area (Å²) in [5, 5.41) is 2.74. The lowest BCUT2D eigenvalue weighted by molar-refractivity contribution is -0.123. The van der Waals surface area contributed by atoms with Crippen molar-refractivity contribution in [2.24, 2.45) is 0 Å². The molecule has 0 saturated carbocycles. The van der Waals surface area contributed by atoms with E-state index in [1.807, 2.05) is 54.6 Å². The van der Waals surface area contributed by atoms with Crippen molar-refractivity contribution in [1.82, 2.24) is 5.32 Å². The Labute approximate surface area is 148 Å². The minimum Gasteiger partial charge on any atom is -0.484 e. The van der Waals surface area contributed by atoms with Crippen LogP contribution in [0.3, 0.4) is 0 Å². The minimum absolute atomic E-state index is 0.0294. The number of ether oxygens (including phenoxy) is 1. The van der Waals surface area contributed by atoms with Crippen molar-refractivity contribution in [2.75, 3.05) is 6.61 Å². The van der Waals surface area contributed by atoms with Gasteiger partial charge in [-0.15, -0.1) is 0 Å². The van der Waals surface area contributed by atoms with E-state index in [9.17, 15) is 4.79 Å². The zero-order chi connectivity index (χ0) is 16.8. The lowest BCUT2D eigenvalue weighted by Crippen LogP contribution is -2.28. The van der Waals surface area contributed by atoms with Crippen molar-refractivity contribution in [1.29, 1.82) is 0 Å². The quantitative estimate of drug-likeness (QED) is 0.683. The van der Waals surface area contributed by atoms with Crippen LogP contribution < -0.4 is 10.1 Å². The van der Waals surface area contributed by atoms with E-state index in [-0.39, 0.29) is 12.5 Å². The maximum atomic E-state index is 11.7. The summed E-state index contributed by atoms with van der Waals surface area (Å²) in [6, 6.07) is 19.3. The van der Waals surface area contributed by atoms with Crippen molar-refractivity contribution in [2.45, 2.75) is 6.54 Å². The lowest BCUT2D eigenvalue weighted by Gasteiger charge is -2.08. The lowest BCUT2D eigenvalue weighted by atomic mass is 10.1. The molecule has 0 aliphatic rings. The van der Waals surface area contributed by atoms with Crippen molar-refractivity contribution in [3.05, 3.63) is 77.2 Å². The number of carbonyl (C=O) groups excluding carboxylic acids is 1. The molecule has 3 aromatic rings. The molecule has 1 aromatic heterocycles. The summed E-state index contributed by atoms with van der Waals surface area (Å²) in [6.45, 7) is 0.329. The van der Waals surface area contributed by atoms with E-state index in [0.717, 1.165) is 15.6 Å². The fourth-order valence-corrected chi connectivity index (χ4v) is 2.45. The number of amides is 1. The second-order valence-corrected chi connectivity index (χ2v) is 6.09. The van der Waals surface area contributed by atoms with Crippen LogP contribution in [0.5, 0.6) is 5.75 Å². The van der Waals surface area contributed by atoms with E-state index in [1.54, 1.807) is 12.3 Å². The summed E-state index contributed by atoms with van der Waals surface area (Å²) in [4.78, 5) is 11.7. The van der Waals surface area contributed by atoms with Gasteiger partial charge in [0.05, 0.1) is 12.8 Å². The third kappa shape index (κ3) is 4.49. The second kappa shape index (κ2) is 7.84. The van der Waals surface area contributed by atoms with Gasteiger partial charge in [-0.1, -0.05) is 40.2 Å². The molecule has 0 atom stereocenters. The first-order valence-electron chi connectivity index (χ1n) is 7.48. The third-order valence-corrected chi connectivity index (χ3v) is 3.97. The number of halogens is 1. The Balaban J connectivity index is 1.50. The van der Waals surface area contributed by atoms with Crippen LogP contribution in [-0.2, 0) is 11.3 Å². The van der Waals surface area contributed by atoms with E-state index >= 15 is 0 Å². The monoisotopic (exact) mass is 385 g/mol. The molecule has 1 N–H and O–H groups in total. The number of carbonyl (C=O) groups is 1. The molecule has 0 aliphatic heterocycles. The number of hydrogen-bond donors (Lipinski definition) is 1. The van der Waals surface area contributed by atoms with Crippen LogP contribution in [0.15, 0.2) is 75.8 Å². The van der Waals surface area contributed by atoms with Gasteiger partial charge in [0.2, 0.25) is 0 Å². The second-order valence-electron chi connectivity index (χ2n) is 5.18. The molecule has 24 heavy (non-hydrogen) atoms. The smallest absolute Gasteiger partial charge is 0.258 e. The number of rotatable bonds is 6. The zero-order valence-electron chi connectivity index (χ0n) is 12.9. The van der Waals surface area contributed by atoms with E-state index in [0.29, 0.717) is 18.1 Å². The van der Waals surface area contributed by atoms with Crippen molar-refractivity contribution in [3.63, 3.8) is 0 Å². The maximum Gasteiger partial charge on any atom is 0.258 e. The topological polar surface area (TPSA) is 51.5 Å². The Kier molecular flexibility index (Phi) is 5.33. The van der Waals surface area contributed by atoms with Crippen molar-refractivity contribution in [3.8, 4) is 16.9 Å². The minimum atomic E-state index is -0.191. The highest BCUT2D eigenvalue weighted by Crippen LogP contribution is 2.24. The molecule has 0 aliphatic carbocycles. The van der Waals surface area contributed by atoms with Gasteiger partial charge >= 0.3 is 0 Å². The van der Waals surface area contributed by atoms with Crippen molar-refractivity contribution >= 4 is 21.8 Å². The first-order valence-corrected chi connectivity index (χ1v) is 8.28. The van der Waals surface area contributed by atoms with Gasteiger partial charge in [0, 0.05) is 4.47 Å². The molecule has 0 radical (unpaired) electrons. The third-order valence-electron chi connectivity index (χ3n) is 3.44. The molecule has 4 nitrogen and oxygen atoms in total. The summed E-state index contributed by atoms with van der Waals surface area (Å²) in [7, 11) is 0. The molecule has 0 spiro atoms. The molecule has 1 heterocycles. The Morgan fingerprint density at radius 3 is 2.29 bits per heavy atom. The Bertz CT molecular complexity index is 780. The van der Waals surface area contributed by atoms with Gasteiger partial charge in [-0.25, -0.2) is 0 Å². The Hall–Kier alpha value is -2.53. The molecule has 0 fully saturated rings. The fourth-order valence-electron chi connectivity index (χ4n) is 2.18. The molecule has 0 saturated heterocycles. The van der Waals surface area contributed by atoms with Gasteiger partial charge in [0.1, 0.15) is 11.5 Å². The first-order chi connectivity index (χ1) is 11.7. The van der Waals surface area contributed by atoms with Crippen LogP contribution in [0.4, 0.5) is 0 Å². The number of hydrogen-bond acceptors (Lipinski definition) is 3. The van der Waals surface area contributed by atoms with E-state index < -0.39 is 0 Å². The first kappa shape index (κ1) is 16.3. The summed E-state index contributed by atoms with van der Waals surface area (Å²) >= 11 is 3.43. The highest BCUT2D eigenvalue weighted by molar-refractivity contribution is 9.10. The predicted octanol–water partition coefficient (Wildman–Crippen LogP) is 4.40. The molecule has 1 amide bonds. The van der Waals surface area contributed by atoms with Gasteiger partial charge in [0.25, 0.3) is 5.91 Å². The number of nitrogens with one attached hydrogen (secondary N) is 1. The Morgan fingerprint density at radius 2 is 1.67 bits per heavy atom. The van der Waals surface area contributed by atoms with Gasteiger partial charge in [-0.3, -0.25) is 4.79 Å². The normalized spacial score (nSPS) is 10.4. The number of furan rings is 1. The van der Waals surface area contributed by atoms with Crippen LogP contribution in [0.25, 0.3) is 11.1 Å². The van der Waals surface area contributed by atoms with Gasteiger partial charge < -0.3 is 14.5 Å². The molecule has 3 rings (SSSR count).